The predicted molar refractivity (Wildman–Crippen MR) is 107 cm³/mol. The first-order valence-electron chi connectivity index (χ1n) is 10.5. The lowest BCUT2D eigenvalue weighted by Crippen LogP contribution is -2.51. The number of likely N-dealkylation sites (tertiary alicyclic amines) is 1. The van der Waals surface area contributed by atoms with Crippen molar-refractivity contribution in [2.24, 2.45) is 0 Å². The van der Waals surface area contributed by atoms with Crippen molar-refractivity contribution in [1.29, 1.82) is 5.26 Å². The average molecular weight is 438 g/mol. The highest BCUT2D eigenvalue weighted by Gasteiger charge is 2.58. The van der Waals surface area contributed by atoms with Gasteiger partial charge in [0.25, 0.3) is 11.8 Å². The number of benzene rings is 1. The first-order valence-corrected chi connectivity index (χ1v) is 10.5. The SMILES string of the molecule is N#Cc1cccnc1C(=O)N1CCC2(CC1)OC1CCC(c3cc(F)cc(F)c3)N1C2=O. The van der Waals surface area contributed by atoms with E-state index in [1.807, 2.05) is 6.07 Å². The number of rotatable bonds is 2. The molecule has 2 aromatic rings. The lowest BCUT2D eigenvalue weighted by Gasteiger charge is -2.37. The van der Waals surface area contributed by atoms with Crippen molar-refractivity contribution < 1.29 is 23.1 Å². The zero-order valence-corrected chi connectivity index (χ0v) is 17.1. The van der Waals surface area contributed by atoms with Crippen molar-refractivity contribution in [3.63, 3.8) is 0 Å². The summed E-state index contributed by atoms with van der Waals surface area (Å²) in [5.41, 5.74) is -0.324. The molecule has 2 unspecified atom stereocenters. The van der Waals surface area contributed by atoms with E-state index in [0.29, 0.717) is 31.2 Å². The number of nitrogens with zero attached hydrogens (tertiary/aromatic N) is 4. The molecule has 0 N–H and O–H groups in total. The fraction of sp³-hybridized carbons (Fsp3) is 0.391. The minimum Gasteiger partial charge on any atom is -0.342 e. The van der Waals surface area contributed by atoms with Crippen LogP contribution in [-0.2, 0) is 9.53 Å². The van der Waals surface area contributed by atoms with Crippen molar-refractivity contribution in [2.45, 2.75) is 43.6 Å². The predicted octanol–water partition coefficient (Wildman–Crippen LogP) is 2.93. The number of halogens is 2. The monoisotopic (exact) mass is 438 g/mol. The number of amides is 2. The molecule has 0 saturated carbocycles. The van der Waals surface area contributed by atoms with Gasteiger partial charge >= 0.3 is 0 Å². The third kappa shape index (κ3) is 3.22. The number of nitriles is 1. The van der Waals surface area contributed by atoms with Crippen LogP contribution in [0.1, 0.15) is 53.3 Å². The Hall–Kier alpha value is -3.38. The van der Waals surface area contributed by atoms with Crippen LogP contribution in [0.4, 0.5) is 8.78 Å². The molecule has 0 aliphatic carbocycles. The van der Waals surface area contributed by atoms with Crippen LogP contribution in [0.5, 0.6) is 0 Å². The quantitative estimate of drug-likeness (QED) is 0.720. The summed E-state index contributed by atoms with van der Waals surface area (Å²) in [4.78, 5) is 33.5. The Kier molecular flexibility index (Phi) is 4.90. The molecule has 2 amide bonds. The molecule has 3 aliphatic rings. The lowest BCUT2D eigenvalue weighted by molar-refractivity contribution is -0.142. The van der Waals surface area contributed by atoms with Crippen LogP contribution in [0.3, 0.4) is 0 Å². The van der Waals surface area contributed by atoms with E-state index in [1.165, 1.54) is 18.3 Å². The maximum absolute atomic E-state index is 13.7. The van der Waals surface area contributed by atoms with Crippen molar-refractivity contribution in [3.8, 4) is 6.07 Å². The van der Waals surface area contributed by atoms with Crippen LogP contribution in [0.2, 0.25) is 0 Å². The summed E-state index contributed by atoms with van der Waals surface area (Å²) in [5.74, 6) is -1.90. The van der Waals surface area contributed by atoms with Crippen molar-refractivity contribution in [1.82, 2.24) is 14.8 Å². The van der Waals surface area contributed by atoms with Crippen LogP contribution < -0.4 is 0 Å². The highest BCUT2D eigenvalue weighted by Crippen LogP contribution is 2.47. The second-order valence-corrected chi connectivity index (χ2v) is 8.38. The molecule has 9 heteroatoms. The molecule has 3 saturated heterocycles. The zero-order valence-electron chi connectivity index (χ0n) is 17.1. The van der Waals surface area contributed by atoms with Gasteiger partial charge in [-0.15, -0.1) is 0 Å². The third-order valence-electron chi connectivity index (χ3n) is 6.58. The molecule has 1 aromatic carbocycles. The van der Waals surface area contributed by atoms with Crippen LogP contribution in [0.25, 0.3) is 0 Å². The standard InChI is InChI=1S/C23H20F2N4O3/c24-16-10-15(11-17(25)12-16)18-3-4-19-29(18)22(31)23(32-19)5-8-28(9-6-23)21(30)20-14(13-26)2-1-7-27-20/h1-2,7,10-12,18-19H,3-6,8-9H2. The zero-order chi connectivity index (χ0) is 22.5. The number of carbonyl (C=O) groups is 2. The first-order chi connectivity index (χ1) is 15.4. The van der Waals surface area contributed by atoms with E-state index < -0.39 is 29.5 Å². The van der Waals surface area contributed by atoms with Gasteiger partial charge in [-0.3, -0.25) is 9.59 Å². The second-order valence-electron chi connectivity index (χ2n) is 8.38. The minimum atomic E-state index is -1.05. The first kappa shape index (κ1) is 20.5. The molecule has 3 aliphatic heterocycles. The van der Waals surface area contributed by atoms with Crippen LogP contribution in [0, 0.1) is 23.0 Å². The van der Waals surface area contributed by atoms with Crippen LogP contribution in [0.15, 0.2) is 36.5 Å². The molecule has 1 aromatic heterocycles. The van der Waals surface area contributed by atoms with E-state index >= 15 is 0 Å². The van der Waals surface area contributed by atoms with Crippen LogP contribution in [-0.4, -0.2) is 51.5 Å². The normalized spacial score (nSPS) is 24.0. The fourth-order valence-electron chi connectivity index (χ4n) is 5.03. The van der Waals surface area contributed by atoms with Gasteiger partial charge in [0.1, 0.15) is 29.6 Å². The Morgan fingerprint density at radius 2 is 1.91 bits per heavy atom. The number of hydrogen-bond acceptors (Lipinski definition) is 5. The summed E-state index contributed by atoms with van der Waals surface area (Å²) in [5, 5.41) is 9.23. The van der Waals surface area contributed by atoms with Gasteiger partial charge in [-0.25, -0.2) is 13.8 Å². The smallest absolute Gasteiger partial charge is 0.273 e. The number of piperidine rings is 1. The van der Waals surface area contributed by atoms with E-state index in [4.69, 9.17) is 4.74 Å². The molecule has 1 spiro atoms. The molecule has 5 rings (SSSR count). The number of aromatic nitrogens is 1. The number of ether oxygens (including phenoxy) is 1. The van der Waals surface area contributed by atoms with Gasteiger partial charge in [-0.1, -0.05) is 0 Å². The molecular weight excluding hydrogens is 418 g/mol. The number of pyridine rings is 1. The topological polar surface area (TPSA) is 86.5 Å². The number of fused-ring (bicyclic) bond motifs is 1. The van der Waals surface area contributed by atoms with Gasteiger partial charge in [0.15, 0.2) is 5.60 Å². The number of carbonyl (C=O) groups excluding carboxylic acids is 2. The van der Waals surface area contributed by atoms with Gasteiger partial charge in [-0.05, 0) is 42.7 Å². The third-order valence-corrected chi connectivity index (χ3v) is 6.58. The molecule has 0 bridgehead atoms. The van der Waals surface area contributed by atoms with Crippen molar-refractivity contribution in [2.75, 3.05) is 13.1 Å². The van der Waals surface area contributed by atoms with E-state index in [-0.39, 0.29) is 36.2 Å². The minimum absolute atomic E-state index is 0.0958. The van der Waals surface area contributed by atoms with Crippen LogP contribution >= 0.6 is 0 Å². The Labute approximate surface area is 183 Å². The Bertz CT molecular complexity index is 1120. The summed E-state index contributed by atoms with van der Waals surface area (Å²) < 4.78 is 33.7. The molecule has 2 atom stereocenters. The molecule has 164 valence electrons. The number of hydrogen-bond donors (Lipinski definition) is 0. The van der Waals surface area contributed by atoms with Gasteiger partial charge in [0.2, 0.25) is 0 Å². The molecule has 32 heavy (non-hydrogen) atoms. The largest absolute Gasteiger partial charge is 0.342 e. The summed E-state index contributed by atoms with van der Waals surface area (Å²) in [6.07, 6.45) is 2.79. The molecular formula is C23H20F2N4O3. The molecule has 3 fully saturated rings. The maximum atomic E-state index is 13.7. The Balaban J connectivity index is 1.32. The highest BCUT2D eigenvalue weighted by atomic mass is 19.1. The summed E-state index contributed by atoms with van der Waals surface area (Å²) >= 11 is 0. The maximum Gasteiger partial charge on any atom is 0.273 e. The van der Waals surface area contributed by atoms with E-state index in [0.717, 1.165) is 6.07 Å². The molecule has 4 heterocycles. The van der Waals surface area contributed by atoms with Gasteiger partial charge in [0, 0.05) is 38.2 Å². The summed E-state index contributed by atoms with van der Waals surface area (Å²) in [6, 6.07) is 8.00. The van der Waals surface area contributed by atoms with Gasteiger partial charge in [-0.2, -0.15) is 5.26 Å². The van der Waals surface area contributed by atoms with Gasteiger partial charge < -0.3 is 14.5 Å². The van der Waals surface area contributed by atoms with E-state index in [2.05, 4.69) is 4.98 Å². The molecule has 7 nitrogen and oxygen atoms in total. The summed E-state index contributed by atoms with van der Waals surface area (Å²) in [6.45, 7) is 0.567. The van der Waals surface area contributed by atoms with E-state index in [1.54, 1.807) is 21.9 Å². The van der Waals surface area contributed by atoms with Gasteiger partial charge in [0.05, 0.1) is 11.6 Å². The fourth-order valence-corrected chi connectivity index (χ4v) is 5.03. The van der Waals surface area contributed by atoms with E-state index in [9.17, 15) is 23.6 Å². The van der Waals surface area contributed by atoms with Crippen molar-refractivity contribution in [3.05, 3.63) is 65.0 Å². The molecule has 0 radical (unpaired) electrons. The average Bonchev–Trinajstić information content (AvgIpc) is 3.31. The second kappa shape index (κ2) is 7.64. The summed E-state index contributed by atoms with van der Waals surface area (Å²) in [7, 11) is 0. The Morgan fingerprint density at radius 1 is 1.19 bits per heavy atom. The lowest BCUT2D eigenvalue weighted by atomic mass is 9.89. The Morgan fingerprint density at radius 3 is 2.59 bits per heavy atom. The highest BCUT2D eigenvalue weighted by molar-refractivity contribution is 5.95. The van der Waals surface area contributed by atoms with Crippen molar-refractivity contribution >= 4 is 11.8 Å².